The average molecular weight is 555 g/mol. The predicted octanol–water partition coefficient (Wildman–Crippen LogP) is 6.62. The Kier molecular flexibility index (Phi) is 8.21. The molecule has 1 aromatic heterocycles. The summed E-state index contributed by atoms with van der Waals surface area (Å²) in [5, 5.41) is 5.68. The van der Waals surface area contributed by atoms with Gasteiger partial charge in [-0.15, -0.1) is 0 Å². The highest BCUT2D eigenvalue weighted by Crippen LogP contribution is 2.31. The smallest absolute Gasteiger partial charge is 0.282 e. The van der Waals surface area contributed by atoms with Gasteiger partial charge in [0.1, 0.15) is 12.4 Å². The fourth-order valence-electron chi connectivity index (χ4n) is 3.65. The largest absolute Gasteiger partial charge is 0.493 e. The maximum Gasteiger partial charge on any atom is 0.282 e. The number of hydrogen-bond donors (Lipinski definition) is 0. The van der Waals surface area contributed by atoms with Gasteiger partial charge in [-0.2, -0.15) is 9.78 Å². The van der Waals surface area contributed by atoms with Gasteiger partial charge in [0.05, 0.1) is 24.2 Å². The quantitative estimate of drug-likeness (QED) is 0.218. The van der Waals surface area contributed by atoms with Crippen molar-refractivity contribution in [1.29, 1.82) is 0 Å². The van der Waals surface area contributed by atoms with Crippen LogP contribution in [0.1, 0.15) is 36.7 Å². The summed E-state index contributed by atoms with van der Waals surface area (Å²) in [5.74, 6) is 1.68. The Morgan fingerprint density at radius 1 is 1.14 bits per heavy atom. The summed E-state index contributed by atoms with van der Waals surface area (Å²) in [6.45, 7) is 2.36. The summed E-state index contributed by atoms with van der Waals surface area (Å²) >= 11 is 9.73. The van der Waals surface area contributed by atoms with E-state index in [1.165, 1.54) is 4.68 Å². The number of ether oxygens (including phenoxy) is 2. The molecule has 0 aliphatic carbocycles. The van der Waals surface area contributed by atoms with E-state index in [0.717, 1.165) is 22.9 Å². The topological polar surface area (TPSA) is 65.7 Å². The molecule has 0 atom stereocenters. The van der Waals surface area contributed by atoms with Crippen molar-refractivity contribution in [3.8, 4) is 11.5 Å². The number of halogens is 2. The van der Waals surface area contributed by atoms with Gasteiger partial charge < -0.3 is 9.47 Å². The molecule has 0 spiro atoms. The standard InChI is InChI=1S/C27H25BrClN3O3/c1-3-4-12-25-31-23-14-13-20(28)15-21(23)27(33)32(25)30-16-18-9-7-11-24(34-2)26(18)35-17-19-8-5-6-10-22(19)29/h5-11,13-16H,3-4,12,17H2,1-2H3. The second kappa shape index (κ2) is 11.5. The SMILES string of the molecule is CCCCc1nc2ccc(Br)cc2c(=O)n1N=Cc1cccc(OC)c1OCc1ccccc1Cl. The molecular weight excluding hydrogens is 530 g/mol. The van der Waals surface area contributed by atoms with Crippen LogP contribution in [0.15, 0.2) is 75.0 Å². The van der Waals surface area contributed by atoms with Crippen molar-refractivity contribution in [3.63, 3.8) is 0 Å². The van der Waals surface area contributed by atoms with Crippen LogP contribution < -0.4 is 15.0 Å². The van der Waals surface area contributed by atoms with E-state index in [-0.39, 0.29) is 12.2 Å². The van der Waals surface area contributed by atoms with Crippen molar-refractivity contribution >= 4 is 44.6 Å². The van der Waals surface area contributed by atoms with Crippen LogP contribution in [0.3, 0.4) is 0 Å². The van der Waals surface area contributed by atoms with Gasteiger partial charge in [0.15, 0.2) is 11.5 Å². The molecule has 0 aliphatic rings. The molecule has 0 unspecified atom stereocenters. The molecule has 4 rings (SSSR count). The average Bonchev–Trinajstić information content (AvgIpc) is 2.87. The van der Waals surface area contributed by atoms with Crippen LogP contribution in [0.25, 0.3) is 10.9 Å². The van der Waals surface area contributed by atoms with Gasteiger partial charge in [0, 0.05) is 27.0 Å². The Morgan fingerprint density at radius 3 is 2.74 bits per heavy atom. The van der Waals surface area contributed by atoms with Crippen LogP contribution in [-0.2, 0) is 13.0 Å². The summed E-state index contributed by atoms with van der Waals surface area (Å²) in [7, 11) is 1.58. The van der Waals surface area contributed by atoms with Crippen LogP contribution in [0.4, 0.5) is 0 Å². The van der Waals surface area contributed by atoms with E-state index in [9.17, 15) is 4.79 Å². The first-order chi connectivity index (χ1) is 17.0. The third-order valence-electron chi connectivity index (χ3n) is 5.50. The van der Waals surface area contributed by atoms with Gasteiger partial charge in [-0.3, -0.25) is 4.79 Å². The number of aromatic nitrogens is 2. The van der Waals surface area contributed by atoms with Gasteiger partial charge in [-0.05, 0) is 42.8 Å². The fraction of sp³-hybridized carbons (Fsp3) is 0.222. The Balaban J connectivity index is 1.75. The first kappa shape index (κ1) is 24.9. The molecule has 3 aromatic carbocycles. The zero-order chi connectivity index (χ0) is 24.8. The first-order valence-electron chi connectivity index (χ1n) is 11.3. The van der Waals surface area contributed by atoms with Crippen LogP contribution in [0, 0.1) is 0 Å². The van der Waals surface area contributed by atoms with E-state index in [2.05, 4.69) is 28.0 Å². The molecule has 0 radical (unpaired) electrons. The molecule has 1 heterocycles. The monoisotopic (exact) mass is 553 g/mol. The van der Waals surface area contributed by atoms with E-state index >= 15 is 0 Å². The Labute approximate surface area is 217 Å². The minimum atomic E-state index is -0.222. The van der Waals surface area contributed by atoms with Crippen molar-refractivity contribution in [2.75, 3.05) is 7.11 Å². The zero-order valence-electron chi connectivity index (χ0n) is 19.5. The molecule has 0 saturated carbocycles. The van der Waals surface area contributed by atoms with Crippen molar-refractivity contribution in [1.82, 2.24) is 9.66 Å². The second-order valence-corrected chi connectivity index (χ2v) is 9.24. The maximum absolute atomic E-state index is 13.4. The molecule has 35 heavy (non-hydrogen) atoms. The molecule has 0 bridgehead atoms. The minimum absolute atomic E-state index is 0.222. The lowest BCUT2D eigenvalue weighted by Crippen LogP contribution is -2.22. The van der Waals surface area contributed by atoms with Crippen molar-refractivity contribution in [2.45, 2.75) is 32.8 Å². The highest BCUT2D eigenvalue weighted by Gasteiger charge is 2.13. The number of rotatable bonds is 9. The lowest BCUT2D eigenvalue weighted by molar-refractivity contribution is 0.284. The summed E-state index contributed by atoms with van der Waals surface area (Å²) < 4.78 is 13.8. The first-order valence-corrected chi connectivity index (χ1v) is 12.5. The van der Waals surface area contributed by atoms with Crippen molar-refractivity contribution < 1.29 is 9.47 Å². The van der Waals surface area contributed by atoms with E-state index in [1.807, 2.05) is 54.6 Å². The van der Waals surface area contributed by atoms with Gasteiger partial charge in [0.25, 0.3) is 5.56 Å². The van der Waals surface area contributed by atoms with Crippen molar-refractivity contribution in [2.24, 2.45) is 5.10 Å². The third kappa shape index (κ3) is 5.74. The van der Waals surface area contributed by atoms with Gasteiger partial charge in [0.2, 0.25) is 0 Å². The molecular formula is C27H25BrClN3O3. The van der Waals surface area contributed by atoms with Crippen LogP contribution >= 0.6 is 27.5 Å². The van der Waals surface area contributed by atoms with Gasteiger partial charge >= 0.3 is 0 Å². The predicted molar refractivity (Wildman–Crippen MR) is 144 cm³/mol. The lowest BCUT2D eigenvalue weighted by Gasteiger charge is -2.14. The molecule has 6 nitrogen and oxygen atoms in total. The number of aryl methyl sites for hydroxylation is 1. The molecule has 4 aromatic rings. The fourth-order valence-corrected chi connectivity index (χ4v) is 4.20. The highest BCUT2D eigenvalue weighted by atomic mass is 79.9. The molecule has 0 saturated heterocycles. The Hall–Kier alpha value is -3.16. The maximum atomic E-state index is 13.4. The number of benzene rings is 3. The number of para-hydroxylation sites is 1. The van der Waals surface area contributed by atoms with Crippen LogP contribution in [0.5, 0.6) is 11.5 Å². The summed E-state index contributed by atoms with van der Waals surface area (Å²) in [5.41, 5.74) is 1.95. The summed E-state index contributed by atoms with van der Waals surface area (Å²) in [6.07, 6.45) is 4.12. The molecule has 180 valence electrons. The lowest BCUT2D eigenvalue weighted by atomic mass is 10.2. The zero-order valence-corrected chi connectivity index (χ0v) is 21.8. The van der Waals surface area contributed by atoms with Crippen LogP contribution in [0.2, 0.25) is 5.02 Å². The second-order valence-electron chi connectivity index (χ2n) is 7.91. The van der Waals surface area contributed by atoms with Crippen molar-refractivity contribution in [3.05, 3.63) is 97.5 Å². The highest BCUT2D eigenvalue weighted by molar-refractivity contribution is 9.10. The molecule has 8 heteroatoms. The van der Waals surface area contributed by atoms with E-state index in [0.29, 0.717) is 45.2 Å². The molecule has 0 N–H and O–H groups in total. The molecule has 0 amide bonds. The molecule has 0 fully saturated rings. The van der Waals surface area contributed by atoms with E-state index in [1.54, 1.807) is 19.4 Å². The number of methoxy groups -OCH3 is 1. The number of nitrogens with zero attached hydrogens (tertiary/aromatic N) is 3. The molecule has 0 aliphatic heterocycles. The minimum Gasteiger partial charge on any atom is -0.493 e. The summed E-state index contributed by atoms with van der Waals surface area (Å²) in [4.78, 5) is 18.1. The number of unbranched alkanes of at least 4 members (excludes halogenated alkanes) is 1. The van der Waals surface area contributed by atoms with E-state index in [4.69, 9.17) is 26.1 Å². The number of hydrogen-bond acceptors (Lipinski definition) is 5. The number of fused-ring (bicyclic) bond motifs is 1. The van der Waals surface area contributed by atoms with Gasteiger partial charge in [-0.25, -0.2) is 4.98 Å². The van der Waals surface area contributed by atoms with E-state index < -0.39 is 0 Å². The van der Waals surface area contributed by atoms with Crippen LogP contribution in [-0.4, -0.2) is 23.0 Å². The third-order valence-corrected chi connectivity index (χ3v) is 6.36. The Morgan fingerprint density at radius 2 is 1.97 bits per heavy atom. The van der Waals surface area contributed by atoms with Gasteiger partial charge in [-0.1, -0.05) is 65.1 Å². The summed E-state index contributed by atoms with van der Waals surface area (Å²) in [6, 6.07) is 18.5. The Bertz CT molecular complexity index is 1440. The normalized spacial score (nSPS) is 11.3.